The van der Waals surface area contributed by atoms with Crippen LogP contribution >= 0.6 is 0 Å². The van der Waals surface area contributed by atoms with Gasteiger partial charge in [0.05, 0.1) is 0 Å². The molecule has 1 fully saturated rings. The maximum Gasteiger partial charge on any atom is 0.226 e. The zero-order valence-corrected chi connectivity index (χ0v) is 13.0. The molecule has 0 radical (unpaired) electrons. The second-order valence-corrected chi connectivity index (χ2v) is 6.77. The molecule has 1 aliphatic carbocycles. The van der Waals surface area contributed by atoms with Crippen molar-refractivity contribution in [2.24, 2.45) is 5.92 Å². The van der Waals surface area contributed by atoms with Crippen LogP contribution in [0.3, 0.4) is 0 Å². The molecule has 2 rings (SSSR count). The van der Waals surface area contributed by atoms with E-state index in [0.29, 0.717) is 12.5 Å². The number of rotatable bonds is 4. The van der Waals surface area contributed by atoms with Crippen molar-refractivity contribution < 1.29 is 4.79 Å². The Hall–Kier alpha value is -1.57. The molecule has 0 saturated heterocycles. The molecule has 1 aromatic carbocycles. The van der Waals surface area contributed by atoms with Crippen LogP contribution in [0, 0.1) is 5.92 Å². The maximum atomic E-state index is 12.4. The van der Waals surface area contributed by atoms with Crippen molar-refractivity contribution in [1.82, 2.24) is 4.90 Å². The van der Waals surface area contributed by atoms with E-state index in [1.807, 2.05) is 23.1 Å². The normalized spacial score (nSPS) is 16.1. The van der Waals surface area contributed by atoms with Crippen LogP contribution in [0.4, 0.5) is 0 Å². The van der Waals surface area contributed by atoms with Gasteiger partial charge in [-0.3, -0.25) is 4.79 Å². The number of hydrogen-bond donors (Lipinski definition) is 0. The van der Waals surface area contributed by atoms with Gasteiger partial charge in [-0.05, 0) is 46.1 Å². The Kier molecular flexibility index (Phi) is 4.32. The van der Waals surface area contributed by atoms with Crippen molar-refractivity contribution in [2.45, 2.75) is 46.1 Å². The minimum Gasteiger partial charge on any atom is -0.334 e. The highest BCUT2D eigenvalue weighted by Gasteiger charge is 2.37. The summed E-state index contributed by atoms with van der Waals surface area (Å²) in [6.07, 6.45) is 4.29. The first kappa shape index (κ1) is 14.8. The average Bonchev–Trinajstić information content (AvgIpc) is 3.19. The van der Waals surface area contributed by atoms with Gasteiger partial charge in [-0.2, -0.15) is 0 Å². The predicted molar refractivity (Wildman–Crippen MR) is 84.3 cm³/mol. The molecule has 0 atom stereocenters. The Morgan fingerprint density at radius 2 is 1.85 bits per heavy atom. The fourth-order valence-electron chi connectivity index (χ4n) is 2.33. The molecule has 108 valence electrons. The van der Waals surface area contributed by atoms with Gasteiger partial charge in [0, 0.05) is 18.0 Å². The summed E-state index contributed by atoms with van der Waals surface area (Å²) in [6.45, 7) is 9.16. The summed E-state index contributed by atoms with van der Waals surface area (Å²) in [4.78, 5) is 14.5. The smallest absolute Gasteiger partial charge is 0.226 e. The van der Waals surface area contributed by atoms with Crippen LogP contribution < -0.4 is 0 Å². The van der Waals surface area contributed by atoms with E-state index in [0.717, 1.165) is 12.8 Å². The highest BCUT2D eigenvalue weighted by atomic mass is 16.2. The second kappa shape index (κ2) is 5.82. The van der Waals surface area contributed by atoms with Gasteiger partial charge in [-0.25, -0.2) is 0 Å². The lowest BCUT2D eigenvalue weighted by Crippen LogP contribution is -2.47. The van der Waals surface area contributed by atoms with Crippen molar-refractivity contribution in [3.63, 3.8) is 0 Å². The molecule has 2 nitrogen and oxygen atoms in total. The average molecular weight is 271 g/mol. The molecular formula is C18H25NO. The minimum absolute atomic E-state index is 0.120. The van der Waals surface area contributed by atoms with Gasteiger partial charge in [0.1, 0.15) is 0 Å². The van der Waals surface area contributed by atoms with Crippen LogP contribution in [0.15, 0.2) is 35.9 Å². The topological polar surface area (TPSA) is 20.3 Å². The van der Waals surface area contributed by atoms with Crippen molar-refractivity contribution in [2.75, 3.05) is 6.54 Å². The molecule has 1 amide bonds. The van der Waals surface area contributed by atoms with Crippen molar-refractivity contribution in [3.05, 3.63) is 41.5 Å². The number of carbonyl (C=O) groups excluding carboxylic acids is 1. The lowest BCUT2D eigenvalue weighted by molar-refractivity contribution is -0.136. The predicted octanol–water partition coefficient (Wildman–Crippen LogP) is 4.13. The first-order valence-electron chi connectivity index (χ1n) is 7.41. The van der Waals surface area contributed by atoms with Gasteiger partial charge in [-0.15, -0.1) is 0 Å². The van der Waals surface area contributed by atoms with E-state index in [2.05, 4.69) is 45.9 Å². The molecular weight excluding hydrogens is 246 g/mol. The highest BCUT2D eigenvalue weighted by Crippen LogP contribution is 2.33. The maximum absolute atomic E-state index is 12.4. The van der Waals surface area contributed by atoms with Gasteiger partial charge in [-0.1, -0.05) is 42.0 Å². The van der Waals surface area contributed by atoms with Gasteiger partial charge >= 0.3 is 0 Å². The minimum atomic E-state index is -0.120. The second-order valence-electron chi connectivity index (χ2n) is 6.77. The summed E-state index contributed by atoms with van der Waals surface area (Å²) in [5.41, 5.74) is 2.30. The van der Waals surface area contributed by atoms with Crippen LogP contribution in [0.5, 0.6) is 0 Å². The van der Waals surface area contributed by atoms with Gasteiger partial charge in [0.2, 0.25) is 5.91 Å². The first-order valence-corrected chi connectivity index (χ1v) is 7.41. The third-order valence-electron chi connectivity index (χ3n) is 3.62. The molecule has 0 unspecified atom stereocenters. The van der Waals surface area contributed by atoms with Crippen molar-refractivity contribution in [3.8, 4) is 0 Å². The summed E-state index contributed by atoms with van der Waals surface area (Å²) >= 11 is 0. The van der Waals surface area contributed by atoms with E-state index in [-0.39, 0.29) is 11.5 Å². The van der Waals surface area contributed by atoms with E-state index in [4.69, 9.17) is 0 Å². The van der Waals surface area contributed by atoms with Gasteiger partial charge in [0.15, 0.2) is 0 Å². The van der Waals surface area contributed by atoms with Crippen LogP contribution in [0.1, 0.15) is 46.1 Å². The molecule has 0 aromatic heterocycles. The third kappa shape index (κ3) is 3.96. The molecule has 0 heterocycles. The van der Waals surface area contributed by atoms with E-state index in [9.17, 15) is 4.79 Å². The number of amides is 1. The van der Waals surface area contributed by atoms with E-state index in [1.54, 1.807) is 0 Å². The SMILES string of the molecule is CC(=Cc1ccccc1)CN(C(=O)C1CC1)C(C)(C)C. The summed E-state index contributed by atoms with van der Waals surface area (Å²) in [5.74, 6) is 0.595. The van der Waals surface area contributed by atoms with Crippen LogP contribution in [0.25, 0.3) is 6.08 Å². The monoisotopic (exact) mass is 271 g/mol. The van der Waals surface area contributed by atoms with Gasteiger partial charge < -0.3 is 4.90 Å². The molecule has 0 N–H and O–H groups in total. The lowest BCUT2D eigenvalue weighted by atomic mass is 10.0. The van der Waals surface area contributed by atoms with Gasteiger partial charge in [0.25, 0.3) is 0 Å². The Morgan fingerprint density at radius 3 is 2.35 bits per heavy atom. The van der Waals surface area contributed by atoms with Crippen LogP contribution in [-0.2, 0) is 4.79 Å². The number of carbonyl (C=O) groups is 1. The summed E-state index contributed by atoms with van der Waals surface area (Å²) in [6, 6.07) is 10.3. The number of hydrogen-bond acceptors (Lipinski definition) is 1. The third-order valence-corrected chi connectivity index (χ3v) is 3.62. The van der Waals surface area contributed by atoms with E-state index >= 15 is 0 Å². The molecule has 2 heteroatoms. The zero-order chi connectivity index (χ0) is 14.8. The van der Waals surface area contributed by atoms with E-state index < -0.39 is 0 Å². The van der Waals surface area contributed by atoms with Crippen LogP contribution in [-0.4, -0.2) is 22.9 Å². The molecule has 1 aliphatic rings. The molecule has 0 aliphatic heterocycles. The lowest BCUT2D eigenvalue weighted by Gasteiger charge is -2.36. The van der Waals surface area contributed by atoms with E-state index in [1.165, 1.54) is 11.1 Å². The highest BCUT2D eigenvalue weighted by molar-refractivity contribution is 5.82. The Labute approximate surface area is 122 Å². The van der Waals surface area contributed by atoms with Crippen molar-refractivity contribution in [1.29, 1.82) is 0 Å². The number of nitrogens with zero attached hydrogens (tertiary/aromatic N) is 1. The fourth-order valence-corrected chi connectivity index (χ4v) is 2.33. The molecule has 1 saturated carbocycles. The molecule has 20 heavy (non-hydrogen) atoms. The quantitative estimate of drug-likeness (QED) is 0.806. The Balaban J connectivity index is 2.11. The zero-order valence-electron chi connectivity index (χ0n) is 13.0. The van der Waals surface area contributed by atoms with Crippen molar-refractivity contribution >= 4 is 12.0 Å². The largest absolute Gasteiger partial charge is 0.334 e. The Bertz CT molecular complexity index is 492. The summed E-state index contributed by atoms with van der Waals surface area (Å²) in [7, 11) is 0. The fraction of sp³-hybridized carbons (Fsp3) is 0.500. The summed E-state index contributed by atoms with van der Waals surface area (Å²) < 4.78 is 0. The first-order chi connectivity index (χ1) is 9.38. The Morgan fingerprint density at radius 1 is 1.25 bits per heavy atom. The summed E-state index contributed by atoms with van der Waals surface area (Å²) in [5, 5.41) is 0. The van der Waals surface area contributed by atoms with Crippen LogP contribution in [0.2, 0.25) is 0 Å². The molecule has 0 bridgehead atoms. The molecule has 0 spiro atoms. The standard InChI is InChI=1S/C18H25NO/c1-14(12-15-8-6-5-7-9-15)13-19(18(2,3)4)17(20)16-10-11-16/h5-9,12,16H,10-11,13H2,1-4H3. The number of benzene rings is 1. The molecule has 1 aromatic rings.